The summed E-state index contributed by atoms with van der Waals surface area (Å²) in [7, 11) is 0. The van der Waals surface area contributed by atoms with Crippen LogP contribution in [0.15, 0.2) is 18.2 Å². The predicted molar refractivity (Wildman–Crippen MR) is 76.9 cm³/mol. The fourth-order valence-electron chi connectivity index (χ4n) is 3.11. The fourth-order valence-corrected chi connectivity index (χ4v) is 3.11. The molecule has 1 aromatic rings. The summed E-state index contributed by atoms with van der Waals surface area (Å²) in [5, 5.41) is 3.77. The van der Waals surface area contributed by atoms with E-state index in [1.807, 2.05) is 0 Å². The first kappa shape index (κ1) is 12.2. The van der Waals surface area contributed by atoms with Gasteiger partial charge in [-0.15, -0.1) is 0 Å². The van der Waals surface area contributed by atoms with Crippen LogP contribution >= 0.6 is 0 Å². The molecule has 1 N–H and O–H groups in total. The molecular weight excluding hydrogens is 218 g/mol. The van der Waals surface area contributed by atoms with E-state index in [4.69, 9.17) is 0 Å². The third kappa shape index (κ3) is 2.95. The average molecular weight is 243 g/mol. The molecular formula is C17H25N. The van der Waals surface area contributed by atoms with Crippen molar-refractivity contribution >= 4 is 0 Å². The highest BCUT2D eigenvalue weighted by atomic mass is 14.9. The Morgan fingerprint density at radius 2 is 1.83 bits per heavy atom. The van der Waals surface area contributed by atoms with Gasteiger partial charge < -0.3 is 5.32 Å². The Kier molecular flexibility index (Phi) is 3.69. The Morgan fingerprint density at radius 3 is 2.56 bits per heavy atom. The van der Waals surface area contributed by atoms with E-state index >= 15 is 0 Å². The van der Waals surface area contributed by atoms with Crippen molar-refractivity contribution in [3.05, 3.63) is 34.9 Å². The van der Waals surface area contributed by atoms with Gasteiger partial charge in [-0.25, -0.2) is 0 Å². The van der Waals surface area contributed by atoms with Crippen LogP contribution in [0.5, 0.6) is 0 Å². The molecule has 98 valence electrons. The van der Waals surface area contributed by atoms with Crippen LogP contribution in [0.1, 0.15) is 67.6 Å². The number of benzene rings is 1. The molecule has 0 unspecified atom stereocenters. The average Bonchev–Trinajstić information content (AvgIpc) is 3.23. The van der Waals surface area contributed by atoms with Crippen molar-refractivity contribution in [3.63, 3.8) is 0 Å². The second kappa shape index (κ2) is 5.44. The molecule has 1 heteroatoms. The molecule has 0 saturated heterocycles. The molecule has 0 atom stereocenters. The quantitative estimate of drug-likeness (QED) is 0.831. The van der Waals surface area contributed by atoms with Gasteiger partial charge in [0.15, 0.2) is 0 Å². The first-order valence-corrected chi connectivity index (χ1v) is 7.66. The molecule has 0 radical (unpaired) electrons. The SMILES string of the molecule is Cc1ccc(C2CC2)cc1CNC1CCCCC1. The summed E-state index contributed by atoms with van der Waals surface area (Å²) >= 11 is 0. The third-order valence-electron chi connectivity index (χ3n) is 4.61. The lowest BCUT2D eigenvalue weighted by atomic mass is 9.95. The molecule has 0 spiro atoms. The van der Waals surface area contributed by atoms with Crippen molar-refractivity contribution in [2.45, 2.75) is 70.4 Å². The minimum Gasteiger partial charge on any atom is -0.310 e. The molecule has 0 heterocycles. The largest absolute Gasteiger partial charge is 0.310 e. The summed E-state index contributed by atoms with van der Waals surface area (Å²) < 4.78 is 0. The Labute approximate surface area is 111 Å². The maximum atomic E-state index is 3.77. The standard InChI is InChI=1S/C17H25N/c1-13-7-8-15(14-9-10-14)11-16(13)12-18-17-5-3-2-4-6-17/h7-8,11,14,17-18H,2-6,9-10,12H2,1H3. The predicted octanol–water partition coefficient (Wildman–Crippen LogP) is 4.29. The first-order chi connectivity index (χ1) is 8.83. The normalized spacial score (nSPS) is 21.2. The Balaban J connectivity index is 1.61. The van der Waals surface area contributed by atoms with Crippen molar-refractivity contribution < 1.29 is 0 Å². The second-order valence-electron chi connectivity index (χ2n) is 6.18. The van der Waals surface area contributed by atoms with Gasteiger partial charge in [0.2, 0.25) is 0 Å². The lowest BCUT2D eigenvalue weighted by Crippen LogP contribution is -2.30. The lowest BCUT2D eigenvalue weighted by Gasteiger charge is -2.23. The summed E-state index contributed by atoms with van der Waals surface area (Å²) in [4.78, 5) is 0. The summed E-state index contributed by atoms with van der Waals surface area (Å²) in [5.74, 6) is 0.874. The fraction of sp³-hybridized carbons (Fsp3) is 0.647. The Morgan fingerprint density at radius 1 is 1.06 bits per heavy atom. The van der Waals surface area contributed by atoms with E-state index < -0.39 is 0 Å². The van der Waals surface area contributed by atoms with Crippen LogP contribution in [-0.4, -0.2) is 6.04 Å². The number of nitrogens with one attached hydrogen (secondary N) is 1. The van der Waals surface area contributed by atoms with Gasteiger partial charge in [0.25, 0.3) is 0 Å². The van der Waals surface area contributed by atoms with E-state index in [1.54, 1.807) is 5.56 Å². The van der Waals surface area contributed by atoms with E-state index in [2.05, 4.69) is 30.4 Å². The maximum Gasteiger partial charge on any atom is 0.0210 e. The number of aryl methyl sites for hydroxylation is 1. The molecule has 18 heavy (non-hydrogen) atoms. The topological polar surface area (TPSA) is 12.0 Å². The highest BCUT2D eigenvalue weighted by Crippen LogP contribution is 2.40. The highest BCUT2D eigenvalue weighted by Gasteiger charge is 2.23. The van der Waals surface area contributed by atoms with Crippen molar-refractivity contribution in [2.24, 2.45) is 0 Å². The van der Waals surface area contributed by atoms with Gasteiger partial charge in [0, 0.05) is 12.6 Å². The molecule has 0 bridgehead atoms. The second-order valence-corrected chi connectivity index (χ2v) is 6.18. The summed E-state index contributed by atoms with van der Waals surface area (Å²) in [6.45, 7) is 3.31. The minimum absolute atomic E-state index is 0.766. The summed E-state index contributed by atoms with van der Waals surface area (Å²) in [5.41, 5.74) is 4.54. The minimum atomic E-state index is 0.766. The van der Waals surface area contributed by atoms with Crippen LogP contribution < -0.4 is 5.32 Å². The summed E-state index contributed by atoms with van der Waals surface area (Å²) in [6.07, 6.45) is 9.83. The van der Waals surface area contributed by atoms with Crippen LogP contribution in [0, 0.1) is 6.92 Å². The molecule has 1 aromatic carbocycles. The van der Waals surface area contributed by atoms with Gasteiger partial charge in [-0.3, -0.25) is 0 Å². The lowest BCUT2D eigenvalue weighted by molar-refractivity contribution is 0.372. The molecule has 0 aromatic heterocycles. The number of hydrogen-bond donors (Lipinski definition) is 1. The van der Waals surface area contributed by atoms with E-state index in [-0.39, 0.29) is 0 Å². The number of hydrogen-bond acceptors (Lipinski definition) is 1. The van der Waals surface area contributed by atoms with Crippen LogP contribution in [0.3, 0.4) is 0 Å². The maximum absolute atomic E-state index is 3.77. The van der Waals surface area contributed by atoms with Gasteiger partial charge in [-0.05, 0) is 55.2 Å². The van der Waals surface area contributed by atoms with Crippen LogP contribution in [0.25, 0.3) is 0 Å². The molecule has 2 saturated carbocycles. The molecule has 0 amide bonds. The van der Waals surface area contributed by atoms with Crippen molar-refractivity contribution in [1.29, 1.82) is 0 Å². The van der Waals surface area contributed by atoms with Gasteiger partial charge in [-0.2, -0.15) is 0 Å². The molecule has 0 aliphatic heterocycles. The van der Waals surface area contributed by atoms with Gasteiger partial charge >= 0.3 is 0 Å². The zero-order valence-electron chi connectivity index (χ0n) is 11.5. The Hall–Kier alpha value is -0.820. The highest BCUT2D eigenvalue weighted by molar-refractivity contribution is 5.34. The van der Waals surface area contributed by atoms with E-state index in [0.29, 0.717) is 0 Å². The van der Waals surface area contributed by atoms with E-state index in [1.165, 1.54) is 56.1 Å². The third-order valence-corrected chi connectivity index (χ3v) is 4.61. The molecule has 1 nitrogen and oxygen atoms in total. The summed E-state index contributed by atoms with van der Waals surface area (Å²) in [6, 6.07) is 7.86. The molecule has 3 rings (SSSR count). The van der Waals surface area contributed by atoms with Crippen LogP contribution in [0.2, 0.25) is 0 Å². The molecule has 2 aliphatic rings. The molecule has 2 fully saturated rings. The molecule has 2 aliphatic carbocycles. The van der Waals surface area contributed by atoms with Gasteiger partial charge in [-0.1, -0.05) is 37.5 Å². The van der Waals surface area contributed by atoms with Crippen molar-refractivity contribution in [2.75, 3.05) is 0 Å². The van der Waals surface area contributed by atoms with Gasteiger partial charge in [0.1, 0.15) is 0 Å². The monoisotopic (exact) mass is 243 g/mol. The smallest absolute Gasteiger partial charge is 0.0210 e. The van der Waals surface area contributed by atoms with E-state index in [0.717, 1.165) is 18.5 Å². The van der Waals surface area contributed by atoms with Gasteiger partial charge in [0.05, 0.1) is 0 Å². The van der Waals surface area contributed by atoms with Crippen molar-refractivity contribution in [1.82, 2.24) is 5.32 Å². The zero-order chi connectivity index (χ0) is 12.4. The van der Waals surface area contributed by atoms with Crippen LogP contribution in [-0.2, 0) is 6.54 Å². The van der Waals surface area contributed by atoms with E-state index in [9.17, 15) is 0 Å². The van der Waals surface area contributed by atoms with Crippen LogP contribution in [0.4, 0.5) is 0 Å². The van der Waals surface area contributed by atoms with Crippen molar-refractivity contribution in [3.8, 4) is 0 Å². The number of rotatable bonds is 4. The first-order valence-electron chi connectivity index (χ1n) is 7.66. The Bertz CT molecular complexity index is 400. The zero-order valence-corrected chi connectivity index (χ0v) is 11.5.